The van der Waals surface area contributed by atoms with Crippen molar-refractivity contribution in [3.05, 3.63) is 11.6 Å². The highest BCUT2D eigenvalue weighted by Gasteiger charge is 2.59. The molecule has 5 rings (SSSR count). The van der Waals surface area contributed by atoms with E-state index in [9.17, 15) is 19.2 Å². The van der Waals surface area contributed by atoms with Crippen LogP contribution >= 0.6 is 0 Å². The number of ether oxygens (including phenoxy) is 5. The largest absolute Gasteiger partial charge is 0.446 e. The summed E-state index contributed by atoms with van der Waals surface area (Å²) >= 11 is 0. The molecule has 55 heavy (non-hydrogen) atoms. The van der Waals surface area contributed by atoms with Gasteiger partial charge in [0.1, 0.15) is 6.10 Å². The standard InChI is InChI=1S/C43H70N2O10/c1-30(2)7-6-8-31(3)35-11-12-36-34-10-9-32-29-33(15-18-42(32,4)37(34)16-19-43(35,36)5)54-41(49)44-20-22-51-24-26-53-28-27-52-25-23-50-21-17-40(48)55-45-38(46)13-14-39(45)47/h9,30-31,33-37H,6-8,10-29H2,1-5H3,(H,44,49)/t31-,33+,34-,35?,36+,37+,42+,43-/m1/s1. The number of amides is 3. The monoisotopic (exact) mass is 775 g/mol. The quantitative estimate of drug-likeness (QED) is 0.0684. The Balaban J connectivity index is 0.872. The van der Waals surface area contributed by atoms with Crippen LogP contribution in [0.5, 0.6) is 0 Å². The van der Waals surface area contributed by atoms with Crippen molar-refractivity contribution in [2.24, 2.45) is 46.3 Å². The lowest BCUT2D eigenvalue weighted by Gasteiger charge is -2.58. The summed E-state index contributed by atoms with van der Waals surface area (Å²) in [5.41, 5.74) is 2.27. The van der Waals surface area contributed by atoms with E-state index in [-0.39, 0.29) is 50.1 Å². The number of hydrogen-bond acceptors (Lipinski definition) is 10. The molecule has 12 heteroatoms. The first-order valence-corrected chi connectivity index (χ1v) is 21.4. The molecule has 0 aromatic rings. The van der Waals surface area contributed by atoms with Crippen molar-refractivity contribution in [2.75, 3.05) is 59.4 Å². The predicted molar refractivity (Wildman–Crippen MR) is 206 cm³/mol. The summed E-state index contributed by atoms with van der Waals surface area (Å²) in [6, 6.07) is 0. The Morgan fingerprint density at radius 3 is 2.15 bits per heavy atom. The van der Waals surface area contributed by atoms with Crippen LogP contribution < -0.4 is 5.32 Å². The molecule has 0 spiro atoms. The van der Waals surface area contributed by atoms with Crippen LogP contribution in [0.25, 0.3) is 0 Å². The van der Waals surface area contributed by atoms with Gasteiger partial charge in [0.25, 0.3) is 11.8 Å². The smallest absolute Gasteiger partial charge is 0.407 e. The zero-order chi connectivity index (χ0) is 39.4. The number of imide groups is 1. The maximum absolute atomic E-state index is 12.7. The third-order valence-corrected chi connectivity index (χ3v) is 13.8. The number of hydroxylamine groups is 2. The molecular formula is C43H70N2O10. The highest BCUT2D eigenvalue weighted by Crippen LogP contribution is 2.67. The number of rotatable bonds is 22. The Bertz CT molecular complexity index is 1310. The van der Waals surface area contributed by atoms with E-state index in [1.807, 2.05) is 0 Å². The zero-order valence-corrected chi connectivity index (χ0v) is 34.4. The van der Waals surface area contributed by atoms with E-state index in [2.05, 4.69) is 46.0 Å². The summed E-state index contributed by atoms with van der Waals surface area (Å²) in [7, 11) is 0. The van der Waals surface area contributed by atoms with Crippen LogP contribution in [0, 0.1) is 46.3 Å². The van der Waals surface area contributed by atoms with Crippen LogP contribution in [0.3, 0.4) is 0 Å². The van der Waals surface area contributed by atoms with Gasteiger partial charge in [-0.15, -0.1) is 5.06 Å². The molecule has 12 nitrogen and oxygen atoms in total. The lowest BCUT2D eigenvalue weighted by Crippen LogP contribution is -2.51. The molecule has 1 aliphatic heterocycles. The Labute approximate surface area is 329 Å². The Kier molecular flexibility index (Phi) is 16.4. The number of allylic oxidation sites excluding steroid dienone is 1. The number of nitrogens with one attached hydrogen (secondary N) is 1. The van der Waals surface area contributed by atoms with Gasteiger partial charge in [-0.05, 0) is 91.3 Å². The second kappa shape index (κ2) is 20.8. The third-order valence-electron chi connectivity index (χ3n) is 13.8. The highest BCUT2D eigenvalue weighted by atomic mass is 16.7. The summed E-state index contributed by atoms with van der Waals surface area (Å²) < 4.78 is 27.8. The Morgan fingerprint density at radius 2 is 1.47 bits per heavy atom. The van der Waals surface area contributed by atoms with Crippen molar-refractivity contribution in [3.8, 4) is 0 Å². The lowest BCUT2D eigenvalue weighted by atomic mass is 9.47. The molecule has 312 valence electrons. The van der Waals surface area contributed by atoms with Crippen molar-refractivity contribution in [1.29, 1.82) is 0 Å². The fourth-order valence-electron chi connectivity index (χ4n) is 10.9. The average molecular weight is 775 g/mol. The van der Waals surface area contributed by atoms with Crippen LogP contribution in [0.1, 0.15) is 125 Å². The van der Waals surface area contributed by atoms with Gasteiger partial charge in [0.15, 0.2) is 0 Å². The van der Waals surface area contributed by atoms with Crippen molar-refractivity contribution >= 4 is 23.9 Å². The molecule has 8 atom stereocenters. The molecule has 3 amide bonds. The number of carbonyl (C=O) groups is 4. The fourth-order valence-corrected chi connectivity index (χ4v) is 10.9. The van der Waals surface area contributed by atoms with E-state index in [4.69, 9.17) is 28.5 Å². The number of hydrogen-bond donors (Lipinski definition) is 1. The average Bonchev–Trinajstić information content (AvgIpc) is 3.67. The van der Waals surface area contributed by atoms with E-state index in [0.29, 0.717) is 56.7 Å². The Morgan fingerprint density at radius 1 is 0.818 bits per heavy atom. The zero-order valence-electron chi connectivity index (χ0n) is 34.4. The number of nitrogens with zero attached hydrogens (tertiary/aromatic N) is 1. The van der Waals surface area contributed by atoms with Crippen LogP contribution in [-0.4, -0.2) is 94.4 Å². The minimum Gasteiger partial charge on any atom is -0.446 e. The van der Waals surface area contributed by atoms with Gasteiger partial charge in [-0.1, -0.05) is 65.5 Å². The summed E-state index contributed by atoms with van der Waals surface area (Å²) in [5, 5.41) is 3.38. The highest BCUT2D eigenvalue weighted by molar-refractivity contribution is 6.01. The maximum Gasteiger partial charge on any atom is 0.407 e. The topological polar surface area (TPSA) is 139 Å². The molecule has 1 unspecified atom stereocenters. The van der Waals surface area contributed by atoms with Crippen LogP contribution in [0.4, 0.5) is 4.79 Å². The molecule has 4 aliphatic carbocycles. The van der Waals surface area contributed by atoms with Crippen molar-refractivity contribution in [2.45, 2.75) is 131 Å². The second-order valence-corrected chi connectivity index (χ2v) is 17.7. The van der Waals surface area contributed by atoms with E-state index >= 15 is 0 Å². The van der Waals surface area contributed by atoms with Crippen LogP contribution in [0.2, 0.25) is 0 Å². The molecule has 0 aromatic heterocycles. The van der Waals surface area contributed by atoms with Gasteiger partial charge < -0.3 is 33.8 Å². The minimum absolute atomic E-state index is 0.0603. The van der Waals surface area contributed by atoms with Crippen molar-refractivity contribution in [1.82, 2.24) is 10.4 Å². The normalized spacial score (nSPS) is 30.8. The summed E-state index contributed by atoms with van der Waals surface area (Å²) in [6.45, 7) is 15.5. The second-order valence-electron chi connectivity index (χ2n) is 17.7. The van der Waals surface area contributed by atoms with E-state index < -0.39 is 17.8 Å². The first-order valence-electron chi connectivity index (χ1n) is 21.4. The van der Waals surface area contributed by atoms with Crippen LogP contribution in [-0.2, 0) is 42.9 Å². The number of fused-ring (bicyclic) bond motifs is 5. The summed E-state index contributed by atoms with van der Waals surface area (Å²) in [4.78, 5) is 52.1. The summed E-state index contributed by atoms with van der Waals surface area (Å²) in [5.74, 6) is 3.21. The van der Waals surface area contributed by atoms with Gasteiger partial charge >= 0.3 is 12.1 Å². The first-order chi connectivity index (χ1) is 26.4. The molecular weight excluding hydrogens is 704 g/mol. The first kappa shape index (κ1) is 43.6. The maximum atomic E-state index is 12.7. The fraction of sp³-hybridized carbons (Fsp3) is 0.860. The van der Waals surface area contributed by atoms with Crippen LogP contribution in [0.15, 0.2) is 11.6 Å². The molecule has 0 aromatic carbocycles. The van der Waals surface area contributed by atoms with Crippen molar-refractivity contribution < 1.29 is 47.7 Å². The van der Waals surface area contributed by atoms with E-state index in [1.165, 1.54) is 56.9 Å². The summed E-state index contributed by atoms with van der Waals surface area (Å²) in [6.07, 6.45) is 15.9. The lowest BCUT2D eigenvalue weighted by molar-refractivity contribution is -0.198. The van der Waals surface area contributed by atoms with Gasteiger partial charge in [0, 0.05) is 25.8 Å². The Hall–Kier alpha value is -2.54. The molecule has 5 aliphatic rings. The molecule has 1 N–H and O–H groups in total. The number of alkyl carbamates (subject to hydrolysis) is 1. The predicted octanol–water partition coefficient (Wildman–Crippen LogP) is 7.19. The van der Waals surface area contributed by atoms with Gasteiger partial charge in [0.2, 0.25) is 0 Å². The minimum atomic E-state index is -0.696. The molecule has 0 radical (unpaired) electrons. The SMILES string of the molecule is CC(C)CCC[C@@H](C)C1CC[C@H]2[C@H]3CC=C4C[C@@H](OC(=O)NCCOCCOCCOCCOCCC(=O)ON5C(=O)CCC5=O)CC[C@]4(C)[C@H]3CC[C@]12C. The van der Waals surface area contributed by atoms with E-state index in [1.54, 1.807) is 0 Å². The molecule has 1 heterocycles. The molecule has 1 saturated heterocycles. The third kappa shape index (κ3) is 11.5. The molecule has 3 saturated carbocycles. The van der Waals surface area contributed by atoms with Gasteiger partial charge in [-0.25, -0.2) is 9.59 Å². The van der Waals surface area contributed by atoms with Gasteiger partial charge in [-0.3, -0.25) is 9.59 Å². The van der Waals surface area contributed by atoms with Gasteiger partial charge in [-0.2, -0.15) is 0 Å². The molecule has 0 bridgehead atoms. The number of carbonyl (C=O) groups excluding carboxylic acids is 4. The van der Waals surface area contributed by atoms with Crippen molar-refractivity contribution in [3.63, 3.8) is 0 Å². The van der Waals surface area contributed by atoms with Gasteiger partial charge in [0.05, 0.1) is 59.3 Å². The van der Waals surface area contributed by atoms with E-state index in [0.717, 1.165) is 54.8 Å². The molecule has 4 fully saturated rings.